The lowest BCUT2D eigenvalue weighted by atomic mass is 10.3. The predicted octanol–water partition coefficient (Wildman–Crippen LogP) is 3.66. The van der Waals surface area contributed by atoms with Gasteiger partial charge in [0.15, 0.2) is 5.69 Å². The van der Waals surface area contributed by atoms with Gasteiger partial charge in [-0.3, -0.25) is 4.79 Å². The topological polar surface area (TPSA) is 103 Å². The van der Waals surface area contributed by atoms with Gasteiger partial charge in [0.05, 0.1) is 28.5 Å². The largest absolute Gasteiger partial charge is 0.497 e. The Morgan fingerprint density at radius 3 is 2.48 bits per heavy atom. The maximum Gasteiger partial charge on any atom is 0.287 e. The molecule has 1 heterocycles. The summed E-state index contributed by atoms with van der Waals surface area (Å²) in [5.74, 6) is -0.709. The lowest BCUT2D eigenvalue weighted by Gasteiger charge is -2.10. The van der Waals surface area contributed by atoms with Crippen LogP contribution in [0.4, 0.5) is 0 Å². The Kier molecular flexibility index (Phi) is 6.04. The van der Waals surface area contributed by atoms with Gasteiger partial charge in [0, 0.05) is 11.1 Å². The highest BCUT2D eigenvalue weighted by molar-refractivity contribution is 7.90. The average molecular weight is 476 g/mol. The highest BCUT2D eigenvalue weighted by Gasteiger charge is 2.26. The molecule has 152 valence electrons. The summed E-state index contributed by atoms with van der Waals surface area (Å²) in [6.45, 7) is 1.55. The second-order valence-corrected chi connectivity index (χ2v) is 8.66. The summed E-state index contributed by atoms with van der Waals surface area (Å²) < 4.78 is 33.5. The number of nitrogens with zero attached hydrogens (tertiary/aromatic N) is 3. The number of hydrogen-bond acceptors (Lipinski definition) is 6. The lowest BCUT2D eigenvalue weighted by molar-refractivity contribution is 0.0976. The van der Waals surface area contributed by atoms with Crippen molar-refractivity contribution in [2.45, 2.75) is 11.8 Å². The van der Waals surface area contributed by atoms with Crippen molar-refractivity contribution in [2.75, 3.05) is 7.11 Å². The minimum Gasteiger partial charge on any atom is -0.497 e. The monoisotopic (exact) mass is 474 g/mol. The van der Waals surface area contributed by atoms with Crippen molar-refractivity contribution in [3.63, 3.8) is 0 Å². The third kappa shape index (κ3) is 4.32. The van der Waals surface area contributed by atoms with Crippen LogP contribution in [0.5, 0.6) is 5.75 Å². The molecule has 2 aromatic carbocycles. The molecule has 0 aliphatic heterocycles. The van der Waals surface area contributed by atoms with Gasteiger partial charge >= 0.3 is 0 Å². The van der Waals surface area contributed by atoms with Crippen molar-refractivity contribution in [1.82, 2.24) is 19.7 Å². The number of rotatable bonds is 5. The average Bonchev–Trinajstić information content (AvgIpc) is 3.03. The fourth-order valence-corrected chi connectivity index (χ4v) is 4.42. The van der Waals surface area contributed by atoms with Crippen LogP contribution in [-0.4, -0.2) is 36.4 Å². The van der Waals surface area contributed by atoms with Gasteiger partial charge < -0.3 is 4.74 Å². The fourth-order valence-electron chi connectivity index (χ4n) is 2.46. The number of benzene rings is 2. The first kappa shape index (κ1) is 21.4. The Morgan fingerprint density at radius 1 is 1.10 bits per heavy atom. The van der Waals surface area contributed by atoms with Crippen LogP contribution in [0.25, 0.3) is 5.69 Å². The molecule has 0 fully saturated rings. The van der Waals surface area contributed by atoms with E-state index in [0.29, 0.717) is 10.7 Å². The molecule has 3 aromatic rings. The number of carbonyl (C=O) groups excluding carboxylic acids is 1. The summed E-state index contributed by atoms with van der Waals surface area (Å²) in [7, 11) is -2.91. The molecule has 1 aromatic heterocycles. The lowest BCUT2D eigenvalue weighted by Crippen LogP contribution is -2.31. The molecule has 3 rings (SSSR count). The summed E-state index contributed by atoms with van der Waals surface area (Å²) in [4.78, 5) is 12.3. The maximum absolute atomic E-state index is 12.6. The predicted molar refractivity (Wildman–Crippen MR) is 109 cm³/mol. The standard InChI is InChI=1S/C17H13Cl3N4O4S/c1-9-16(21-23-24(9)14-6-3-10(18)7-13(14)20)17(25)22-29(26,27)15-8-11(28-2)4-5-12(15)19/h3-8H,1-2H3,(H,22,25). The van der Waals surface area contributed by atoms with Crippen molar-refractivity contribution in [3.05, 3.63) is 62.9 Å². The van der Waals surface area contributed by atoms with Gasteiger partial charge in [-0.1, -0.05) is 40.0 Å². The Labute approximate surface area is 181 Å². The molecule has 0 aliphatic rings. The Morgan fingerprint density at radius 2 is 1.83 bits per heavy atom. The second kappa shape index (κ2) is 8.19. The molecule has 1 N–H and O–H groups in total. The smallest absolute Gasteiger partial charge is 0.287 e. The number of amides is 1. The summed E-state index contributed by atoms with van der Waals surface area (Å²) in [6, 6.07) is 8.75. The number of hydrogen-bond donors (Lipinski definition) is 1. The molecular weight excluding hydrogens is 463 g/mol. The number of carbonyl (C=O) groups is 1. The molecule has 0 aliphatic carbocycles. The van der Waals surface area contributed by atoms with E-state index in [1.165, 1.54) is 36.1 Å². The summed E-state index contributed by atoms with van der Waals surface area (Å²) in [6.07, 6.45) is 0. The van der Waals surface area contributed by atoms with E-state index in [1.54, 1.807) is 19.1 Å². The Hall–Kier alpha value is -2.33. The van der Waals surface area contributed by atoms with Crippen molar-refractivity contribution < 1.29 is 17.9 Å². The van der Waals surface area contributed by atoms with Gasteiger partial charge in [-0.2, -0.15) is 0 Å². The van der Waals surface area contributed by atoms with E-state index in [9.17, 15) is 13.2 Å². The van der Waals surface area contributed by atoms with Crippen LogP contribution < -0.4 is 9.46 Å². The SMILES string of the molecule is COc1ccc(Cl)c(S(=O)(=O)NC(=O)c2nnn(-c3ccc(Cl)cc3Cl)c2C)c1. The number of nitrogens with one attached hydrogen (secondary N) is 1. The first-order chi connectivity index (χ1) is 13.6. The van der Waals surface area contributed by atoms with Crippen molar-refractivity contribution in [2.24, 2.45) is 0 Å². The van der Waals surface area contributed by atoms with Crippen molar-refractivity contribution >= 4 is 50.7 Å². The second-order valence-electron chi connectivity index (χ2n) is 5.76. The molecular formula is C17H13Cl3N4O4S. The molecule has 0 radical (unpaired) electrons. The van der Waals surface area contributed by atoms with Gasteiger partial charge in [0.25, 0.3) is 15.9 Å². The molecule has 0 bridgehead atoms. The molecule has 29 heavy (non-hydrogen) atoms. The van der Waals surface area contributed by atoms with Crippen LogP contribution in [0.1, 0.15) is 16.2 Å². The van der Waals surface area contributed by atoms with Crippen molar-refractivity contribution in [1.29, 1.82) is 0 Å². The van der Waals surface area contributed by atoms with Crippen LogP contribution >= 0.6 is 34.8 Å². The molecule has 0 saturated heterocycles. The van der Waals surface area contributed by atoms with Crippen LogP contribution in [0, 0.1) is 6.92 Å². The zero-order chi connectivity index (χ0) is 21.3. The molecule has 0 spiro atoms. The minimum absolute atomic E-state index is 0.0700. The van der Waals surface area contributed by atoms with E-state index in [0.717, 1.165) is 0 Å². The fraction of sp³-hybridized carbons (Fsp3) is 0.118. The molecule has 8 nitrogen and oxygen atoms in total. The van der Waals surface area contributed by atoms with Crippen LogP contribution in [0.2, 0.25) is 15.1 Å². The zero-order valence-electron chi connectivity index (χ0n) is 15.0. The highest BCUT2D eigenvalue weighted by atomic mass is 35.5. The summed E-state index contributed by atoms with van der Waals surface area (Å²) in [5.41, 5.74) is 0.510. The number of halogens is 3. The minimum atomic E-state index is -4.29. The number of methoxy groups -OCH3 is 1. The van der Waals surface area contributed by atoms with Crippen LogP contribution in [0.15, 0.2) is 41.3 Å². The quantitative estimate of drug-likeness (QED) is 0.604. The van der Waals surface area contributed by atoms with Gasteiger partial charge in [-0.05, 0) is 37.3 Å². The van der Waals surface area contributed by atoms with Crippen LogP contribution in [-0.2, 0) is 10.0 Å². The molecule has 0 saturated carbocycles. The van der Waals surface area contributed by atoms with Crippen molar-refractivity contribution in [3.8, 4) is 11.4 Å². The van der Waals surface area contributed by atoms with E-state index < -0.39 is 15.9 Å². The molecule has 0 atom stereocenters. The normalized spacial score (nSPS) is 11.3. The number of ether oxygens (including phenoxy) is 1. The first-order valence-electron chi connectivity index (χ1n) is 7.92. The van der Waals surface area contributed by atoms with Gasteiger partial charge in [-0.25, -0.2) is 17.8 Å². The molecule has 12 heteroatoms. The van der Waals surface area contributed by atoms with E-state index in [-0.39, 0.29) is 32.1 Å². The van der Waals surface area contributed by atoms with Gasteiger partial charge in [0.2, 0.25) is 0 Å². The Bertz CT molecular complexity index is 1210. The third-order valence-corrected chi connectivity index (χ3v) is 6.25. The maximum atomic E-state index is 12.6. The highest BCUT2D eigenvalue weighted by Crippen LogP contribution is 2.27. The zero-order valence-corrected chi connectivity index (χ0v) is 18.1. The summed E-state index contributed by atoms with van der Waals surface area (Å²) in [5, 5.41) is 8.30. The van der Waals surface area contributed by atoms with Gasteiger partial charge in [-0.15, -0.1) is 5.10 Å². The molecule has 0 unspecified atom stereocenters. The van der Waals surface area contributed by atoms with Crippen LogP contribution in [0.3, 0.4) is 0 Å². The number of aromatic nitrogens is 3. The number of sulfonamides is 1. The van der Waals surface area contributed by atoms with E-state index >= 15 is 0 Å². The first-order valence-corrected chi connectivity index (χ1v) is 10.5. The Balaban J connectivity index is 1.93. The molecule has 1 amide bonds. The van der Waals surface area contributed by atoms with Gasteiger partial charge in [0.1, 0.15) is 10.6 Å². The van der Waals surface area contributed by atoms with E-state index in [4.69, 9.17) is 39.5 Å². The third-order valence-electron chi connectivity index (χ3n) is 3.90. The van der Waals surface area contributed by atoms with E-state index in [2.05, 4.69) is 10.3 Å². The van der Waals surface area contributed by atoms with E-state index in [1.807, 2.05) is 4.72 Å². The summed E-state index contributed by atoms with van der Waals surface area (Å²) >= 11 is 18.0.